The van der Waals surface area contributed by atoms with Crippen LogP contribution in [0, 0.1) is 6.92 Å². The van der Waals surface area contributed by atoms with Gasteiger partial charge in [-0.25, -0.2) is 18.1 Å². The van der Waals surface area contributed by atoms with Gasteiger partial charge in [0.15, 0.2) is 5.13 Å². The highest BCUT2D eigenvalue weighted by molar-refractivity contribution is 7.89. The highest BCUT2D eigenvalue weighted by atomic mass is 32.2. The lowest BCUT2D eigenvalue weighted by Crippen LogP contribution is -2.44. The number of hydrogen-bond donors (Lipinski definition) is 1. The summed E-state index contributed by atoms with van der Waals surface area (Å²) in [5, 5.41) is 2.97. The first-order valence-corrected chi connectivity index (χ1v) is 9.64. The number of hydrogen-bond acceptors (Lipinski definition) is 5. The summed E-state index contributed by atoms with van der Waals surface area (Å²) in [5.41, 5.74) is 0.946. The van der Waals surface area contributed by atoms with Crippen molar-refractivity contribution < 1.29 is 8.42 Å². The quantitative estimate of drug-likeness (QED) is 0.930. The van der Waals surface area contributed by atoms with E-state index < -0.39 is 10.0 Å². The van der Waals surface area contributed by atoms with Gasteiger partial charge in [-0.1, -0.05) is 12.1 Å². The van der Waals surface area contributed by atoms with Gasteiger partial charge in [-0.05, 0) is 37.5 Å². The van der Waals surface area contributed by atoms with Gasteiger partial charge in [-0.15, -0.1) is 11.3 Å². The van der Waals surface area contributed by atoms with E-state index in [1.54, 1.807) is 35.7 Å². The van der Waals surface area contributed by atoms with Gasteiger partial charge in [0, 0.05) is 30.7 Å². The molecular weight excluding hydrogens is 318 g/mol. The fourth-order valence-corrected chi connectivity index (χ4v) is 4.74. The maximum atomic E-state index is 12.4. The molecule has 1 fully saturated rings. The number of anilines is 1. The number of benzene rings is 1. The van der Waals surface area contributed by atoms with Crippen LogP contribution in [0.15, 0.2) is 40.7 Å². The zero-order valence-corrected chi connectivity index (χ0v) is 14.0. The molecule has 2 aromatic rings. The predicted octanol–water partition coefficient (Wildman–Crippen LogP) is 2.40. The molecular formula is C15H19N3O2S2. The molecule has 1 N–H and O–H groups in total. The van der Waals surface area contributed by atoms with E-state index in [-0.39, 0.29) is 6.04 Å². The molecule has 1 aromatic carbocycles. The smallest absolute Gasteiger partial charge is 0.240 e. The number of sulfonamides is 1. The number of nitrogens with one attached hydrogen (secondary N) is 1. The summed E-state index contributed by atoms with van der Waals surface area (Å²) >= 11 is 1.62. The molecule has 1 aromatic heterocycles. The van der Waals surface area contributed by atoms with E-state index in [0.717, 1.165) is 36.6 Å². The fraction of sp³-hybridized carbons (Fsp3) is 0.400. The molecule has 0 unspecified atom stereocenters. The molecule has 0 bridgehead atoms. The molecule has 1 saturated heterocycles. The number of piperidine rings is 1. The molecule has 22 heavy (non-hydrogen) atoms. The van der Waals surface area contributed by atoms with Crippen molar-refractivity contribution in [2.24, 2.45) is 0 Å². The molecule has 0 amide bonds. The van der Waals surface area contributed by atoms with Crippen LogP contribution in [-0.2, 0) is 10.0 Å². The molecule has 7 heteroatoms. The summed E-state index contributed by atoms with van der Waals surface area (Å²) in [6.07, 6.45) is 3.39. The van der Waals surface area contributed by atoms with Gasteiger partial charge in [-0.2, -0.15) is 0 Å². The Labute approximate surface area is 135 Å². The summed E-state index contributed by atoms with van der Waals surface area (Å²) in [4.78, 5) is 6.86. The SMILES string of the molecule is Cc1cccc(S(=O)(=O)NC2CCN(c3nccs3)CC2)c1. The Balaban J connectivity index is 1.63. The van der Waals surface area contributed by atoms with E-state index in [1.165, 1.54) is 0 Å². The van der Waals surface area contributed by atoms with E-state index in [1.807, 2.05) is 18.4 Å². The standard InChI is InChI=1S/C15H19N3O2S2/c1-12-3-2-4-14(11-12)22(19,20)17-13-5-8-18(9-6-13)15-16-7-10-21-15/h2-4,7,10-11,13,17H,5-6,8-9H2,1H3. The van der Waals surface area contributed by atoms with Crippen LogP contribution in [0.2, 0.25) is 0 Å². The van der Waals surface area contributed by atoms with Gasteiger partial charge in [0.25, 0.3) is 0 Å². The van der Waals surface area contributed by atoms with Gasteiger partial charge < -0.3 is 4.90 Å². The van der Waals surface area contributed by atoms with Crippen LogP contribution in [0.25, 0.3) is 0 Å². The third kappa shape index (κ3) is 3.48. The Morgan fingerprint density at radius 2 is 2.09 bits per heavy atom. The number of aryl methyl sites for hydroxylation is 1. The highest BCUT2D eigenvalue weighted by Crippen LogP contribution is 2.23. The van der Waals surface area contributed by atoms with Gasteiger partial charge in [0.2, 0.25) is 10.0 Å². The average Bonchev–Trinajstić information content (AvgIpc) is 3.02. The van der Waals surface area contributed by atoms with Crippen molar-refractivity contribution in [1.29, 1.82) is 0 Å². The first-order chi connectivity index (χ1) is 10.5. The highest BCUT2D eigenvalue weighted by Gasteiger charge is 2.25. The summed E-state index contributed by atoms with van der Waals surface area (Å²) in [6, 6.07) is 7.00. The minimum absolute atomic E-state index is 0.0123. The Kier molecular flexibility index (Phi) is 4.46. The summed E-state index contributed by atoms with van der Waals surface area (Å²) in [6.45, 7) is 3.55. The molecule has 118 valence electrons. The van der Waals surface area contributed by atoms with Crippen LogP contribution in [0.5, 0.6) is 0 Å². The lowest BCUT2D eigenvalue weighted by atomic mass is 10.1. The number of aromatic nitrogens is 1. The van der Waals surface area contributed by atoms with Crippen molar-refractivity contribution in [3.05, 3.63) is 41.4 Å². The molecule has 0 spiro atoms. The maximum Gasteiger partial charge on any atom is 0.240 e. The number of rotatable bonds is 4. The first-order valence-electron chi connectivity index (χ1n) is 7.28. The van der Waals surface area contributed by atoms with Gasteiger partial charge in [0.1, 0.15) is 0 Å². The lowest BCUT2D eigenvalue weighted by Gasteiger charge is -2.31. The first kappa shape index (κ1) is 15.5. The topological polar surface area (TPSA) is 62.3 Å². The maximum absolute atomic E-state index is 12.4. The zero-order valence-electron chi connectivity index (χ0n) is 12.4. The Hall–Kier alpha value is -1.44. The van der Waals surface area contributed by atoms with Crippen LogP contribution >= 0.6 is 11.3 Å². The van der Waals surface area contributed by atoms with Crippen LogP contribution < -0.4 is 9.62 Å². The molecule has 3 rings (SSSR count). The summed E-state index contributed by atoms with van der Waals surface area (Å²) in [7, 11) is -3.44. The van der Waals surface area contributed by atoms with Crippen LogP contribution in [0.4, 0.5) is 5.13 Å². The van der Waals surface area contributed by atoms with Gasteiger partial charge >= 0.3 is 0 Å². The molecule has 0 saturated carbocycles. The molecule has 5 nitrogen and oxygen atoms in total. The average molecular weight is 337 g/mol. The molecule has 1 aliphatic heterocycles. The molecule has 2 heterocycles. The molecule has 0 aliphatic carbocycles. The predicted molar refractivity (Wildman–Crippen MR) is 88.8 cm³/mol. The number of thiazole rings is 1. The minimum Gasteiger partial charge on any atom is -0.348 e. The van der Waals surface area contributed by atoms with Crippen molar-refractivity contribution in [2.75, 3.05) is 18.0 Å². The van der Waals surface area contributed by atoms with E-state index >= 15 is 0 Å². The summed E-state index contributed by atoms with van der Waals surface area (Å²) in [5.74, 6) is 0. The van der Waals surface area contributed by atoms with E-state index in [9.17, 15) is 8.42 Å². The van der Waals surface area contributed by atoms with Crippen molar-refractivity contribution in [1.82, 2.24) is 9.71 Å². The minimum atomic E-state index is -3.44. The Morgan fingerprint density at radius 3 is 2.73 bits per heavy atom. The van der Waals surface area contributed by atoms with Crippen molar-refractivity contribution in [3.8, 4) is 0 Å². The molecule has 0 atom stereocenters. The summed E-state index contributed by atoms with van der Waals surface area (Å²) < 4.78 is 27.7. The van der Waals surface area contributed by atoms with E-state index in [2.05, 4.69) is 14.6 Å². The van der Waals surface area contributed by atoms with Gasteiger partial charge in [-0.3, -0.25) is 0 Å². The Morgan fingerprint density at radius 1 is 1.32 bits per heavy atom. The third-order valence-electron chi connectivity index (χ3n) is 3.81. The normalized spacial score (nSPS) is 16.9. The van der Waals surface area contributed by atoms with Crippen LogP contribution in [0.1, 0.15) is 18.4 Å². The lowest BCUT2D eigenvalue weighted by molar-refractivity contribution is 0.460. The third-order valence-corrected chi connectivity index (χ3v) is 6.16. The fourth-order valence-electron chi connectivity index (χ4n) is 2.63. The zero-order chi connectivity index (χ0) is 15.6. The van der Waals surface area contributed by atoms with Crippen LogP contribution in [-0.4, -0.2) is 32.5 Å². The largest absolute Gasteiger partial charge is 0.348 e. The second kappa shape index (κ2) is 6.36. The molecule has 1 aliphatic rings. The van der Waals surface area contributed by atoms with E-state index in [4.69, 9.17) is 0 Å². The molecule has 0 radical (unpaired) electrons. The second-order valence-electron chi connectivity index (χ2n) is 5.51. The Bertz CT molecular complexity index is 721. The van der Waals surface area contributed by atoms with Gasteiger partial charge in [0.05, 0.1) is 4.90 Å². The second-order valence-corrected chi connectivity index (χ2v) is 8.10. The van der Waals surface area contributed by atoms with E-state index in [0.29, 0.717) is 4.90 Å². The van der Waals surface area contributed by atoms with Crippen molar-refractivity contribution >= 4 is 26.5 Å². The van der Waals surface area contributed by atoms with Crippen LogP contribution in [0.3, 0.4) is 0 Å². The van der Waals surface area contributed by atoms with Crippen molar-refractivity contribution in [2.45, 2.75) is 30.7 Å². The van der Waals surface area contributed by atoms with Crippen molar-refractivity contribution in [3.63, 3.8) is 0 Å². The number of nitrogens with zero attached hydrogens (tertiary/aromatic N) is 2. The monoisotopic (exact) mass is 337 g/mol.